The highest BCUT2D eigenvalue weighted by molar-refractivity contribution is 7.90. The second kappa shape index (κ2) is 10.2. The Morgan fingerprint density at radius 3 is 2.52 bits per heavy atom. The van der Waals surface area contributed by atoms with E-state index in [-0.39, 0.29) is 22.0 Å². The lowest BCUT2D eigenvalue weighted by atomic mass is 10.1. The Bertz CT molecular complexity index is 2370. The highest BCUT2D eigenvalue weighted by Crippen LogP contribution is 2.34. The Hall–Kier alpha value is -5.26. The third-order valence-electron chi connectivity index (χ3n) is 7.52. The third-order valence-corrected chi connectivity index (χ3v) is 9.56. The van der Waals surface area contributed by atoms with Crippen molar-refractivity contribution in [3.8, 4) is 16.8 Å². The summed E-state index contributed by atoms with van der Waals surface area (Å²) >= 11 is 6.42. The number of ketones is 1. The van der Waals surface area contributed by atoms with Crippen molar-refractivity contribution in [2.24, 2.45) is 0 Å². The van der Waals surface area contributed by atoms with Crippen LogP contribution < -0.4 is 5.73 Å². The molecule has 0 aliphatic rings. The molecule has 0 amide bonds. The largest absolute Gasteiger partial charge is 0.383 e. The molecular formula is C32H24ClN7O3S. The second-order valence-electron chi connectivity index (χ2n) is 10.4. The van der Waals surface area contributed by atoms with Crippen LogP contribution in [0.15, 0.2) is 96.3 Å². The van der Waals surface area contributed by atoms with Crippen LogP contribution in [0, 0.1) is 13.8 Å². The maximum atomic E-state index is 14.2. The standard InChI is InChI=1S/C32H24ClN7O3S/c1-18-3-8-23(9-4-18)44(42,43)40-29-13-20(24-11-12-35-17-26(24)33)5-6-21(29)14-30(40)31(41)25-16-36-39(32(25)34)22-7-10-27-28(15-22)38-19(2)37-27/h3-17H,34H2,1-2H3,(H,37,38). The van der Waals surface area contributed by atoms with Crippen molar-refractivity contribution in [1.29, 1.82) is 0 Å². The highest BCUT2D eigenvalue weighted by atomic mass is 35.5. The predicted octanol–water partition coefficient (Wildman–Crippen LogP) is 6.09. The topological polar surface area (TPSA) is 142 Å². The number of nitrogen functional groups attached to an aromatic ring is 1. The first-order chi connectivity index (χ1) is 21.1. The molecule has 0 unspecified atom stereocenters. The molecule has 4 heterocycles. The lowest BCUT2D eigenvalue weighted by Gasteiger charge is -2.13. The summed E-state index contributed by atoms with van der Waals surface area (Å²) in [4.78, 5) is 25.9. The molecule has 0 saturated heterocycles. The molecule has 0 atom stereocenters. The van der Waals surface area contributed by atoms with E-state index in [0.717, 1.165) is 26.4 Å². The van der Waals surface area contributed by atoms with Gasteiger partial charge in [0.15, 0.2) is 0 Å². The SMILES string of the molecule is Cc1ccc(S(=O)(=O)n2c(C(=O)c3cnn(-c4ccc5nc(C)[nH]c5c4)c3N)cc3ccc(-c4ccncc4Cl)cc32)cc1. The number of fused-ring (bicyclic) bond motifs is 2. The summed E-state index contributed by atoms with van der Waals surface area (Å²) in [6, 6.07) is 20.5. The molecule has 0 aliphatic heterocycles. The number of hydrogen-bond acceptors (Lipinski definition) is 7. The average Bonchev–Trinajstić information content (AvgIpc) is 3.70. The summed E-state index contributed by atoms with van der Waals surface area (Å²) in [5, 5.41) is 5.33. The number of hydrogen-bond donors (Lipinski definition) is 2. The van der Waals surface area contributed by atoms with Crippen molar-refractivity contribution in [2.45, 2.75) is 18.7 Å². The van der Waals surface area contributed by atoms with Gasteiger partial charge in [-0.25, -0.2) is 22.1 Å². The molecule has 0 saturated carbocycles. The van der Waals surface area contributed by atoms with Crippen molar-refractivity contribution in [1.82, 2.24) is 28.7 Å². The van der Waals surface area contributed by atoms with E-state index in [4.69, 9.17) is 17.3 Å². The Morgan fingerprint density at radius 2 is 1.75 bits per heavy atom. The van der Waals surface area contributed by atoms with Gasteiger partial charge >= 0.3 is 0 Å². The summed E-state index contributed by atoms with van der Waals surface area (Å²) in [7, 11) is -4.24. The van der Waals surface area contributed by atoms with Gasteiger partial charge in [0.05, 0.1) is 43.9 Å². The molecule has 0 radical (unpaired) electrons. The fourth-order valence-electron chi connectivity index (χ4n) is 5.32. The predicted molar refractivity (Wildman–Crippen MR) is 170 cm³/mol. The molecular weight excluding hydrogens is 598 g/mol. The Morgan fingerprint density at radius 1 is 0.955 bits per heavy atom. The van der Waals surface area contributed by atoms with Crippen molar-refractivity contribution in [2.75, 3.05) is 5.73 Å². The quantitative estimate of drug-likeness (QED) is 0.214. The molecule has 12 heteroatoms. The van der Waals surface area contributed by atoms with Gasteiger partial charge in [0.1, 0.15) is 17.3 Å². The zero-order chi connectivity index (χ0) is 30.7. The van der Waals surface area contributed by atoms with E-state index in [2.05, 4.69) is 20.1 Å². The number of carbonyl (C=O) groups is 1. The van der Waals surface area contributed by atoms with E-state index in [1.54, 1.807) is 48.7 Å². The molecule has 10 nitrogen and oxygen atoms in total. The first-order valence-electron chi connectivity index (χ1n) is 13.5. The fraction of sp³-hybridized carbons (Fsp3) is 0.0625. The molecule has 0 bridgehead atoms. The van der Waals surface area contributed by atoms with Gasteiger partial charge in [-0.3, -0.25) is 9.78 Å². The maximum Gasteiger partial charge on any atom is 0.268 e. The monoisotopic (exact) mass is 621 g/mol. The normalized spacial score (nSPS) is 11.9. The number of nitrogens with one attached hydrogen (secondary N) is 1. The molecule has 0 fully saturated rings. The number of nitrogens with two attached hydrogens (primary N) is 1. The number of pyridine rings is 1. The lowest BCUT2D eigenvalue weighted by molar-refractivity contribution is 0.103. The molecule has 7 rings (SSSR count). The number of aromatic nitrogens is 6. The number of anilines is 1. The number of carbonyl (C=O) groups excluding carboxylic acids is 1. The van der Waals surface area contributed by atoms with E-state index >= 15 is 0 Å². The van der Waals surface area contributed by atoms with Crippen LogP contribution >= 0.6 is 11.6 Å². The summed E-state index contributed by atoms with van der Waals surface area (Å²) < 4.78 is 31.0. The van der Waals surface area contributed by atoms with Crippen LogP contribution in [0.2, 0.25) is 5.02 Å². The smallest absolute Gasteiger partial charge is 0.268 e. The third kappa shape index (κ3) is 4.45. The van der Waals surface area contributed by atoms with Crippen LogP contribution in [0.4, 0.5) is 5.82 Å². The molecule has 3 N–H and O–H groups in total. The minimum Gasteiger partial charge on any atom is -0.383 e. The first-order valence-corrected chi connectivity index (χ1v) is 15.4. The fourth-order valence-corrected chi connectivity index (χ4v) is 7.05. The number of halogens is 1. The van der Waals surface area contributed by atoms with Crippen LogP contribution in [0.3, 0.4) is 0 Å². The number of nitrogens with zero attached hydrogens (tertiary/aromatic N) is 5. The van der Waals surface area contributed by atoms with E-state index < -0.39 is 15.8 Å². The summed E-state index contributed by atoms with van der Waals surface area (Å²) in [6.07, 6.45) is 4.47. The molecule has 44 heavy (non-hydrogen) atoms. The first kappa shape index (κ1) is 27.6. The minimum absolute atomic E-state index is 0.0359. The average molecular weight is 622 g/mol. The van der Waals surface area contributed by atoms with Crippen LogP contribution in [0.1, 0.15) is 27.4 Å². The number of aromatic amines is 1. The van der Waals surface area contributed by atoms with E-state index in [1.807, 2.05) is 32.0 Å². The van der Waals surface area contributed by atoms with Gasteiger partial charge in [-0.1, -0.05) is 41.4 Å². The second-order valence-corrected chi connectivity index (χ2v) is 12.6. The van der Waals surface area contributed by atoms with Gasteiger partial charge in [-0.2, -0.15) is 5.10 Å². The van der Waals surface area contributed by atoms with Crippen molar-refractivity contribution in [3.63, 3.8) is 0 Å². The Balaban J connectivity index is 1.41. The zero-order valence-corrected chi connectivity index (χ0v) is 25.1. The van der Waals surface area contributed by atoms with Crippen LogP contribution in [0.25, 0.3) is 38.8 Å². The van der Waals surface area contributed by atoms with E-state index in [0.29, 0.717) is 32.7 Å². The number of aryl methyl sites for hydroxylation is 2. The van der Waals surface area contributed by atoms with Gasteiger partial charge < -0.3 is 10.7 Å². The summed E-state index contributed by atoms with van der Waals surface area (Å²) in [5.41, 5.74) is 11.2. The molecule has 0 spiro atoms. The van der Waals surface area contributed by atoms with Crippen molar-refractivity contribution < 1.29 is 13.2 Å². The summed E-state index contributed by atoms with van der Waals surface area (Å²) in [5.74, 6) is 0.236. The maximum absolute atomic E-state index is 14.2. The summed E-state index contributed by atoms with van der Waals surface area (Å²) in [6.45, 7) is 3.73. The molecule has 4 aromatic heterocycles. The Labute approximate surface area is 256 Å². The number of benzene rings is 3. The van der Waals surface area contributed by atoms with Gasteiger partial charge in [0.2, 0.25) is 5.78 Å². The Kier molecular flexibility index (Phi) is 6.38. The van der Waals surface area contributed by atoms with Crippen molar-refractivity contribution >= 4 is 55.2 Å². The van der Waals surface area contributed by atoms with Gasteiger partial charge in [0, 0.05) is 23.3 Å². The molecule has 3 aromatic carbocycles. The zero-order valence-electron chi connectivity index (χ0n) is 23.5. The number of rotatable bonds is 6. The van der Waals surface area contributed by atoms with Gasteiger partial charge in [-0.05, 0) is 67.9 Å². The lowest BCUT2D eigenvalue weighted by Crippen LogP contribution is -2.19. The van der Waals surface area contributed by atoms with E-state index in [1.165, 1.54) is 29.2 Å². The highest BCUT2D eigenvalue weighted by Gasteiger charge is 2.29. The molecule has 0 aliphatic carbocycles. The van der Waals surface area contributed by atoms with Crippen LogP contribution in [-0.2, 0) is 10.0 Å². The minimum atomic E-state index is -4.24. The van der Waals surface area contributed by atoms with Crippen LogP contribution in [0.5, 0.6) is 0 Å². The van der Waals surface area contributed by atoms with Crippen molar-refractivity contribution in [3.05, 3.63) is 119 Å². The van der Waals surface area contributed by atoms with Gasteiger partial charge in [-0.15, -0.1) is 0 Å². The molecule has 218 valence electrons. The van der Waals surface area contributed by atoms with Gasteiger partial charge in [0.25, 0.3) is 10.0 Å². The number of imidazole rings is 1. The number of H-pyrrole nitrogens is 1. The molecule has 7 aromatic rings. The van der Waals surface area contributed by atoms with E-state index in [9.17, 15) is 13.2 Å². The van der Waals surface area contributed by atoms with Crippen LogP contribution in [-0.4, -0.2) is 42.9 Å².